The van der Waals surface area contributed by atoms with E-state index in [2.05, 4.69) is 0 Å². The normalized spacial score (nSPS) is 20.8. The van der Waals surface area contributed by atoms with Crippen LogP contribution in [-0.4, -0.2) is 13.0 Å². The summed E-state index contributed by atoms with van der Waals surface area (Å²) in [5.74, 6) is -3.29. The van der Waals surface area contributed by atoms with Gasteiger partial charge >= 0.3 is 0 Å². The van der Waals surface area contributed by atoms with Crippen LogP contribution in [0.4, 0.5) is 13.2 Å². The maximum Gasteiger partial charge on any atom is 0.252 e. The van der Waals surface area contributed by atoms with Crippen LogP contribution in [0.5, 0.6) is 5.75 Å². The lowest BCUT2D eigenvalue weighted by atomic mass is 9.69. The summed E-state index contributed by atoms with van der Waals surface area (Å²) < 4.78 is 44.2. The molecule has 1 aliphatic rings. The van der Waals surface area contributed by atoms with Crippen molar-refractivity contribution in [1.29, 1.82) is 0 Å². The van der Waals surface area contributed by atoms with Crippen LogP contribution in [0.25, 0.3) is 0 Å². The molecule has 0 heterocycles. The van der Waals surface area contributed by atoms with Crippen molar-refractivity contribution in [2.45, 2.75) is 24.3 Å². The van der Waals surface area contributed by atoms with E-state index in [-0.39, 0.29) is 16.3 Å². The van der Waals surface area contributed by atoms with Gasteiger partial charge in [0.1, 0.15) is 11.6 Å². The fourth-order valence-electron chi connectivity index (χ4n) is 2.21. The summed E-state index contributed by atoms with van der Waals surface area (Å²) in [6.45, 7) is 0. The summed E-state index contributed by atoms with van der Waals surface area (Å²) in [5.41, 5.74) is 4.63. The predicted octanol–water partition coefficient (Wildman–Crippen LogP) is 3.07. The second kappa shape index (κ2) is 3.78. The minimum Gasteiger partial charge on any atom is -0.496 e. The number of hydrogen-bond acceptors (Lipinski definition) is 2. The zero-order valence-electron chi connectivity index (χ0n) is 9.07. The van der Waals surface area contributed by atoms with E-state index in [1.165, 1.54) is 13.2 Å². The molecule has 17 heavy (non-hydrogen) atoms. The van der Waals surface area contributed by atoms with Gasteiger partial charge in [-0.15, -0.1) is 0 Å². The molecule has 0 amide bonds. The molecule has 1 fully saturated rings. The minimum atomic E-state index is -2.82. The number of nitrogens with two attached hydrogens (primary N) is 1. The highest BCUT2D eigenvalue weighted by Gasteiger charge is 2.57. The Kier molecular flexibility index (Phi) is 2.78. The fourth-order valence-corrected chi connectivity index (χ4v) is 2.56. The molecule has 1 aromatic carbocycles. The van der Waals surface area contributed by atoms with Crippen molar-refractivity contribution in [2.24, 2.45) is 5.73 Å². The Morgan fingerprint density at radius 1 is 1.35 bits per heavy atom. The number of benzene rings is 1. The highest BCUT2D eigenvalue weighted by molar-refractivity contribution is 6.31. The zero-order valence-corrected chi connectivity index (χ0v) is 9.82. The molecule has 0 bridgehead atoms. The van der Waals surface area contributed by atoms with E-state index < -0.39 is 30.1 Å². The molecule has 0 atom stereocenters. The molecule has 0 aliphatic heterocycles. The summed E-state index contributed by atoms with van der Waals surface area (Å²) in [6, 6.07) is 2.45. The summed E-state index contributed by atoms with van der Waals surface area (Å²) in [5, 5.41) is -0.248. The van der Waals surface area contributed by atoms with Crippen molar-refractivity contribution in [2.75, 3.05) is 7.11 Å². The number of alkyl halides is 2. The van der Waals surface area contributed by atoms with Crippen molar-refractivity contribution in [3.05, 3.63) is 28.5 Å². The average molecular weight is 266 g/mol. The molecule has 1 aromatic rings. The third kappa shape index (κ3) is 1.98. The van der Waals surface area contributed by atoms with Crippen molar-refractivity contribution in [1.82, 2.24) is 0 Å². The van der Waals surface area contributed by atoms with Crippen LogP contribution in [0.2, 0.25) is 5.02 Å². The van der Waals surface area contributed by atoms with E-state index in [9.17, 15) is 13.2 Å². The molecule has 6 heteroatoms. The topological polar surface area (TPSA) is 35.2 Å². The monoisotopic (exact) mass is 265 g/mol. The number of rotatable bonds is 2. The highest BCUT2D eigenvalue weighted by Crippen LogP contribution is 2.53. The molecule has 94 valence electrons. The molecule has 2 N–H and O–H groups in total. The molecule has 2 rings (SSSR count). The first-order chi connectivity index (χ1) is 7.79. The number of ether oxygens (including phenoxy) is 1. The van der Waals surface area contributed by atoms with E-state index in [0.717, 1.165) is 6.07 Å². The Bertz CT molecular complexity index is 456. The molecule has 2 nitrogen and oxygen atoms in total. The summed E-state index contributed by atoms with van der Waals surface area (Å²) in [7, 11) is 1.35. The van der Waals surface area contributed by atoms with Crippen LogP contribution in [0.15, 0.2) is 12.1 Å². The van der Waals surface area contributed by atoms with Crippen LogP contribution >= 0.6 is 11.6 Å². The lowest BCUT2D eigenvalue weighted by molar-refractivity contribution is -0.125. The number of halogens is 4. The van der Waals surface area contributed by atoms with E-state index in [1.807, 2.05) is 0 Å². The van der Waals surface area contributed by atoms with Crippen molar-refractivity contribution < 1.29 is 17.9 Å². The molecule has 0 aromatic heterocycles. The van der Waals surface area contributed by atoms with E-state index in [4.69, 9.17) is 22.1 Å². The molecule has 0 spiro atoms. The number of hydrogen-bond donors (Lipinski definition) is 1. The van der Waals surface area contributed by atoms with E-state index in [0.29, 0.717) is 0 Å². The smallest absolute Gasteiger partial charge is 0.252 e. The maximum absolute atomic E-state index is 13.3. The van der Waals surface area contributed by atoms with Gasteiger partial charge in [0.15, 0.2) is 0 Å². The minimum absolute atomic E-state index is 0.118. The van der Waals surface area contributed by atoms with E-state index in [1.54, 1.807) is 0 Å². The first-order valence-corrected chi connectivity index (χ1v) is 5.36. The molecule has 0 radical (unpaired) electrons. The van der Waals surface area contributed by atoms with Gasteiger partial charge in [-0.05, 0) is 12.1 Å². The van der Waals surface area contributed by atoms with Crippen molar-refractivity contribution in [3.8, 4) is 5.75 Å². The van der Waals surface area contributed by atoms with E-state index >= 15 is 0 Å². The largest absolute Gasteiger partial charge is 0.496 e. The average Bonchev–Trinajstić information content (AvgIpc) is 2.18. The molecule has 1 saturated carbocycles. The van der Waals surface area contributed by atoms with Crippen molar-refractivity contribution >= 4 is 11.6 Å². The lowest BCUT2D eigenvalue weighted by Crippen LogP contribution is -2.55. The Balaban J connectivity index is 2.48. The second-order valence-corrected chi connectivity index (χ2v) is 4.68. The van der Waals surface area contributed by atoms with Gasteiger partial charge in [0.2, 0.25) is 0 Å². The molecule has 0 saturated heterocycles. The second-order valence-electron chi connectivity index (χ2n) is 4.30. The first-order valence-electron chi connectivity index (χ1n) is 4.98. The molecule has 1 aliphatic carbocycles. The Hall–Kier alpha value is -0.940. The third-order valence-electron chi connectivity index (χ3n) is 2.92. The van der Waals surface area contributed by atoms with Gasteiger partial charge in [-0.3, -0.25) is 0 Å². The quantitative estimate of drug-likeness (QED) is 0.892. The SMILES string of the molecule is COc1ccc(F)c(Cl)c1C1(N)CC(F)(F)C1. The number of methoxy groups -OCH3 is 1. The Labute approximate surface area is 102 Å². The van der Waals surface area contributed by atoms with Crippen LogP contribution < -0.4 is 10.5 Å². The summed E-state index contributed by atoms with van der Waals surface area (Å²) in [4.78, 5) is 0. The van der Waals surface area contributed by atoms with Gasteiger partial charge in [-0.2, -0.15) is 0 Å². The van der Waals surface area contributed by atoms with Crippen LogP contribution in [0, 0.1) is 5.82 Å². The van der Waals surface area contributed by atoms with Gasteiger partial charge in [0.25, 0.3) is 5.92 Å². The summed E-state index contributed by atoms with van der Waals surface area (Å²) in [6.07, 6.45) is -1.11. The molecular formula is C11H11ClF3NO. The van der Waals surface area contributed by atoms with Gasteiger partial charge in [0.05, 0.1) is 17.7 Å². The molecular weight excluding hydrogens is 255 g/mol. The zero-order chi connectivity index (χ0) is 12.8. The third-order valence-corrected chi connectivity index (χ3v) is 3.29. The predicted molar refractivity (Wildman–Crippen MR) is 58.0 cm³/mol. The van der Waals surface area contributed by atoms with Gasteiger partial charge < -0.3 is 10.5 Å². The van der Waals surface area contributed by atoms with Crippen LogP contribution in [-0.2, 0) is 5.54 Å². The first kappa shape index (κ1) is 12.5. The van der Waals surface area contributed by atoms with Gasteiger partial charge in [-0.25, -0.2) is 13.2 Å². The maximum atomic E-state index is 13.3. The van der Waals surface area contributed by atoms with Crippen LogP contribution in [0.1, 0.15) is 18.4 Å². The Morgan fingerprint density at radius 3 is 2.41 bits per heavy atom. The fraction of sp³-hybridized carbons (Fsp3) is 0.455. The van der Waals surface area contributed by atoms with Gasteiger partial charge in [-0.1, -0.05) is 11.6 Å². The van der Waals surface area contributed by atoms with Crippen LogP contribution in [0.3, 0.4) is 0 Å². The summed E-state index contributed by atoms with van der Waals surface area (Å²) >= 11 is 5.79. The highest BCUT2D eigenvalue weighted by atomic mass is 35.5. The lowest BCUT2D eigenvalue weighted by Gasteiger charge is -2.45. The van der Waals surface area contributed by atoms with Gasteiger partial charge in [0, 0.05) is 18.4 Å². The standard InChI is InChI=1S/C11H11ClF3NO/c1-17-7-3-2-6(13)9(12)8(7)10(16)4-11(14,15)5-10/h2-3H,4-5,16H2,1H3. The van der Waals surface area contributed by atoms with Crippen molar-refractivity contribution in [3.63, 3.8) is 0 Å². The molecule has 0 unspecified atom stereocenters. The Morgan fingerprint density at radius 2 is 1.94 bits per heavy atom.